The minimum atomic E-state index is -0.235. The van der Waals surface area contributed by atoms with Gasteiger partial charge in [0.25, 0.3) is 5.91 Å². The Labute approximate surface area is 159 Å². The molecule has 2 aliphatic carbocycles. The van der Waals surface area contributed by atoms with Crippen molar-refractivity contribution < 1.29 is 19.1 Å². The Hall–Kier alpha value is -2.37. The Balaban J connectivity index is 1.28. The summed E-state index contributed by atoms with van der Waals surface area (Å²) in [6.45, 7) is 2.08. The predicted molar refractivity (Wildman–Crippen MR) is 101 cm³/mol. The van der Waals surface area contributed by atoms with Gasteiger partial charge >= 0.3 is 0 Å². The fraction of sp³-hybridized carbons (Fsp3) is 0.571. The molecule has 2 bridgehead atoms. The average Bonchev–Trinajstić information content (AvgIpc) is 3.29. The lowest BCUT2D eigenvalue weighted by Gasteiger charge is -2.28. The number of fused-ring (bicyclic) bond motifs is 3. The van der Waals surface area contributed by atoms with Crippen molar-refractivity contribution in [1.82, 2.24) is 5.32 Å². The van der Waals surface area contributed by atoms with Crippen LogP contribution >= 0.6 is 0 Å². The number of ketones is 1. The molecule has 1 aliphatic heterocycles. The summed E-state index contributed by atoms with van der Waals surface area (Å²) in [6.07, 6.45) is 5.54. The second-order valence-electron chi connectivity index (χ2n) is 8.17. The third kappa shape index (κ3) is 3.84. The van der Waals surface area contributed by atoms with Gasteiger partial charge in [0.1, 0.15) is 5.75 Å². The van der Waals surface area contributed by atoms with E-state index >= 15 is 0 Å². The molecule has 0 aromatic heterocycles. The fourth-order valence-corrected chi connectivity index (χ4v) is 4.97. The van der Waals surface area contributed by atoms with Gasteiger partial charge in [-0.3, -0.25) is 14.4 Å². The minimum absolute atomic E-state index is 0.0127. The van der Waals surface area contributed by atoms with Crippen LogP contribution in [0.5, 0.6) is 5.75 Å². The first kappa shape index (κ1) is 18.0. The molecule has 4 atom stereocenters. The molecule has 2 saturated carbocycles. The van der Waals surface area contributed by atoms with Crippen molar-refractivity contribution in [2.45, 2.75) is 51.5 Å². The van der Waals surface area contributed by atoms with Crippen LogP contribution in [0.4, 0.5) is 5.69 Å². The van der Waals surface area contributed by atoms with Crippen LogP contribution in [0.3, 0.4) is 0 Å². The van der Waals surface area contributed by atoms with E-state index in [2.05, 4.69) is 17.6 Å². The number of amides is 2. The molecular weight excluding hydrogens is 344 g/mol. The van der Waals surface area contributed by atoms with Crippen molar-refractivity contribution in [3.05, 3.63) is 23.8 Å². The normalized spacial score (nSPS) is 26.7. The molecule has 2 fully saturated rings. The lowest BCUT2D eigenvalue weighted by molar-refractivity contribution is -0.122. The largest absolute Gasteiger partial charge is 0.482 e. The summed E-state index contributed by atoms with van der Waals surface area (Å²) >= 11 is 0. The molecule has 2 N–H and O–H groups in total. The Morgan fingerprint density at radius 1 is 1.26 bits per heavy atom. The lowest BCUT2D eigenvalue weighted by atomic mass is 9.84. The lowest BCUT2D eigenvalue weighted by Crippen LogP contribution is -2.40. The van der Waals surface area contributed by atoms with E-state index in [0.717, 1.165) is 11.8 Å². The molecule has 0 radical (unpaired) electrons. The van der Waals surface area contributed by atoms with Crippen LogP contribution in [0.2, 0.25) is 0 Å². The highest BCUT2D eigenvalue weighted by molar-refractivity contribution is 6.01. The van der Waals surface area contributed by atoms with E-state index in [4.69, 9.17) is 4.74 Å². The second-order valence-corrected chi connectivity index (χ2v) is 8.17. The fourth-order valence-electron chi connectivity index (χ4n) is 4.97. The zero-order valence-electron chi connectivity index (χ0n) is 15.6. The second kappa shape index (κ2) is 7.33. The van der Waals surface area contributed by atoms with E-state index in [9.17, 15) is 14.4 Å². The van der Waals surface area contributed by atoms with E-state index in [1.165, 1.54) is 25.7 Å². The molecule has 1 aromatic rings. The molecule has 0 spiro atoms. The Morgan fingerprint density at radius 3 is 2.85 bits per heavy atom. The van der Waals surface area contributed by atoms with Gasteiger partial charge in [-0.05, 0) is 62.1 Å². The van der Waals surface area contributed by atoms with E-state index in [0.29, 0.717) is 22.9 Å². The van der Waals surface area contributed by atoms with Gasteiger partial charge in [0.15, 0.2) is 12.4 Å². The smallest absolute Gasteiger partial charge is 0.262 e. The topological polar surface area (TPSA) is 84.5 Å². The molecule has 4 unspecified atom stereocenters. The van der Waals surface area contributed by atoms with Crippen molar-refractivity contribution in [3.63, 3.8) is 0 Å². The summed E-state index contributed by atoms with van der Waals surface area (Å²) in [5, 5.41) is 5.80. The summed E-state index contributed by atoms with van der Waals surface area (Å²) in [7, 11) is 0. The van der Waals surface area contributed by atoms with Gasteiger partial charge in [0.2, 0.25) is 5.91 Å². The zero-order valence-corrected chi connectivity index (χ0v) is 15.6. The van der Waals surface area contributed by atoms with Crippen LogP contribution in [-0.4, -0.2) is 30.2 Å². The number of hydrogen-bond acceptors (Lipinski definition) is 4. The van der Waals surface area contributed by atoms with Crippen LogP contribution < -0.4 is 15.4 Å². The van der Waals surface area contributed by atoms with Crippen LogP contribution in [-0.2, 0) is 9.59 Å². The van der Waals surface area contributed by atoms with Crippen molar-refractivity contribution in [2.75, 3.05) is 11.9 Å². The number of carbonyl (C=O) groups is 3. The molecule has 0 saturated heterocycles. The number of rotatable bonds is 6. The first-order valence-corrected chi connectivity index (χ1v) is 9.89. The molecule has 6 nitrogen and oxygen atoms in total. The Bertz CT molecular complexity index is 775. The number of anilines is 1. The summed E-state index contributed by atoms with van der Waals surface area (Å²) in [5.74, 6) is 2.36. The number of ether oxygens (including phenoxy) is 1. The predicted octanol–water partition coefficient (Wildman–Crippen LogP) is 2.92. The van der Waals surface area contributed by atoms with Gasteiger partial charge < -0.3 is 15.4 Å². The summed E-state index contributed by atoms with van der Waals surface area (Å²) in [4.78, 5) is 36.1. The van der Waals surface area contributed by atoms with Crippen LogP contribution in [0.1, 0.15) is 55.8 Å². The highest BCUT2D eigenvalue weighted by Gasteiger charge is 2.42. The van der Waals surface area contributed by atoms with E-state index in [1.807, 2.05) is 0 Å². The Kier molecular flexibility index (Phi) is 4.89. The SMILES string of the molecule is CC(NC(=O)CCC(=O)c1ccc2c(c1)NC(=O)CO2)C1CC2CCC1C2. The van der Waals surface area contributed by atoms with E-state index in [-0.39, 0.29) is 43.1 Å². The van der Waals surface area contributed by atoms with Gasteiger partial charge in [-0.15, -0.1) is 0 Å². The monoisotopic (exact) mass is 370 g/mol. The zero-order chi connectivity index (χ0) is 19.0. The summed E-state index contributed by atoms with van der Waals surface area (Å²) in [5.41, 5.74) is 0.986. The maximum atomic E-state index is 12.4. The molecule has 4 rings (SSSR count). The minimum Gasteiger partial charge on any atom is -0.482 e. The van der Waals surface area contributed by atoms with E-state index in [1.54, 1.807) is 18.2 Å². The maximum absolute atomic E-state index is 12.4. The molecule has 144 valence electrons. The third-order valence-corrected chi connectivity index (χ3v) is 6.34. The summed E-state index contributed by atoms with van der Waals surface area (Å²) < 4.78 is 5.29. The highest BCUT2D eigenvalue weighted by Crippen LogP contribution is 2.49. The summed E-state index contributed by atoms with van der Waals surface area (Å²) in [6, 6.07) is 5.15. The number of benzene rings is 1. The van der Waals surface area contributed by atoms with Gasteiger partial charge in [-0.2, -0.15) is 0 Å². The quantitative estimate of drug-likeness (QED) is 0.754. The van der Waals surface area contributed by atoms with Crippen LogP contribution in [0, 0.1) is 17.8 Å². The van der Waals surface area contributed by atoms with E-state index < -0.39 is 0 Å². The molecule has 1 aromatic carbocycles. The molecule has 6 heteroatoms. The van der Waals surface area contributed by atoms with Gasteiger partial charge in [-0.25, -0.2) is 0 Å². The molecule has 2 amide bonds. The number of Topliss-reactive ketones (excluding diaryl/α,β-unsaturated/α-hetero) is 1. The third-order valence-electron chi connectivity index (χ3n) is 6.34. The van der Waals surface area contributed by atoms with Crippen molar-refractivity contribution in [2.24, 2.45) is 17.8 Å². The van der Waals surface area contributed by atoms with Crippen molar-refractivity contribution >= 4 is 23.3 Å². The van der Waals surface area contributed by atoms with Crippen LogP contribution in [0.25, 0.3) is 0 Å². The first-order chi connectivity index (χ1) is 13.0. The molecule has 1 heterocycles. The van der Waals surface area contributed by atoms with Gasteiger partial charge in [0.05, 0.1) is 5.69 Å². The van der Waals surface area contributed by atoms with Crippen molar-refractivity contribution in [1.29, 1.82) is 0 Å². The standard InChI is InChI=1S/C21H26N2O4/c1-12(16-9-13-2-3-14(16)8-13)22-20(25)7-5-18(24)15-4-6-19-17(10-15)23-21(26)11-27-19/h4,6,10,12-14,16H,2-3,5,7-9,11H2,1H3,(H,22,25)(H,23,26). The van der Waals surface area contributed by atoms with Gasteiger partial charge in [0, 0.05) is 24.4 Å². The van der Waals surface area contributed by atoms with Crippen molar-refractivity contribution in [3.8, 4) is 5.75 Å². The maximum Gasteiger partial charge on any atom is 0.262 e. The highest BCUT2D eigenvalue weighted by atomic mass is 16.5. The molecular formula is C21H26N2O4. The molecule has 27 heavy (non-hydrogen) atoms. The number of nitrogens with one attached hydrogen (secondary N) is 2. The number of hydrogen-bond donors (Lipinski definition) is 2. The van der Waals surface area contributed by atoms with Crippen LogP contribution in [0.15, 0.2) is 18.2 Å². The first-order valence-electron chi connectivity index (χ1n) is 9.89. The molecule has 3 aliphatic rings. The average molecular weight is 370 g/mol. The number of carbonyl (C=O) groups excluding carboxylic acids is 3. The Morgan fingerprint density at radius 2 is 2.11 bits per heavy atom. The van der Waals surface area contributed by atoms with Gasteiger partial charge in [-0.1, -0.05) is 6.42 Å².